The normalized spacial score (nSPS) is 15.2. The molecule has 0 saturated heterocycles. The summed E-state index contributed by atoms with van der Waals surface area (Å²) < 4.78 is 1.73. The summed E-state index contributed by atoms with van der Waals surface area (Å²) in [5, 5.41) is 15.2. The minimum atomic E-state index is 0.403. The molecule has 1 aromatic heterocycles. The molecule has 1 aromatic carbocycles. The molecule has 0 bridgehead atoms. The van der Waals surface area contributed by atoms with Crippen molar-refractivity contribution in [1.29, 1.82) is 0 Å². The van der Waals surface area contributed by atoms with Crippen LogP contribution in [-0.2, 0) is 0 Å². The zero-order valence-electron chi connectivity index (χ0n) is 10.2. The molecule has 1 aliphatic rings. The van der Waals surface area contributed by atoms with Crippen LogP contribution in [0.3, 0.4) is 0 Å². The smallest absolute Gasteiger partial charge is 0.247 e. The number of benzene rings is 1. The molecule has 0 spiro atoms. The Kier molecular flexibility index (Phi) is 2.80. The molecule has 3 rings (SSSR count). The third-order valence-corrected chi connectivity index (χ3v) is 3.09. The summed E-state index contributed by atoms with van der Waals surface area (Å²) >= 11 is 0. The van der Waals surface area contributed by atoms with Gasteiger partial charge in [-0.2, -0.15) is 4.68 Å². The van der Waals surface area contributed by atoms with Crippen molar-refractivity contribution in [3.63, 3.8) is 0 Å². The number of aryl methyl sites for hydroxylation is 1. The van der Waals surface area contributed by atoms with E-state index in [1.807, 2.05) is 12.1 Å². The predicted octanol–water partition coefficient (Wildman–Crippen LogP) is 2.10. The van der Waals surface area contributed by atoms with Gasteiger partial charge in [-0.05, 0) is 42.3 Å². The quantitative estimate of drug-likeness (QED) is 0.836. The summed E-state index contributed by atoms with van der Waals surface area (Å²) in [6, 6.07) is 8.55. The Labute approximate surface area is 106 Å². The molecule has 5 heteroatoms. The van der Waals surface area contributed by atoms with Crippen molar-refractivity contribution in [3.8, 4) is 5.69 Å². The van der Waals surface area contributed by atoms with Crippen LogP contribution in [0.25, 0.3) is 5.69 Å². The number of hydrogen-bond acceptors (Lipinski definition) is 4. The number of nitrogens with one attached hydrogen (secondary N) is 1. The molecule has 0 unspecified atom stereocenters. The van der Waals surface area contributed by atoms with Crippen molar-refractivity contribution in [3.05, 3.63) is 42.0 Å². The van der Waals surface area contributed by atoms with Crippen molar-refractivity contribution in [2.75, 3.05) is 5.32 Å². The molecule has 1 aliphatic carbocycles. The zero-order chi connectivity index (χ0) is 12.4. The van der Waals surface area contributed by atoms with E-state index >= 15 is 0 Å². The SMILES string of the molecule is Cc1ccc(-n2nnnc2NC2CC=CC2)cc1. The molecule has 0 radical (unpaired) electrons. The van der Waals surface area contributed by atoms with E-state index in [4.69, 9.17) is 0 Å². The van der Waals surface area contributed by atoms with Gasteiger partial charge in [-0.3, -0.25) is 0 Å². The third kappa shape index (κ3) is 2.11. The molecule has 5 nitrogen and oxygen atoms in total. The highest BCUT2D eigenvalue weighted by Gasteiger charge is 2.14. The van der Waals surface area contributed by atoms with E-state index < -0.39 is 0 Å². The first kappa shape index (κ1) is 11.0. The van der Waals surface area contributed by atoms with Crippen LogP contribution < -0.4 is 5.32 Å². The molecule has 0 aliphatic heterocycles. The van der Waals surface area contributed by atoms with E-state index in [1.165, 1.54) is 5.56 Å². The monoisotopic (exact) mass is 241 g/mol. The van der Waals surface area contributed by atoms with Crippen molar-refractivity contribution < 1.29 is 0 Å². The molecule has 0 atom stereocenters. The number of nitrogens with zero attached hydrogens (tertiary/aromatic N) is 4. The standard InChI is InChI=1S/C13H15N5/c1-10-6-8-12(9-7-10)18-13(15-16-17-18)14-11-4-2-3-5-11/h2-3,6-9,11H,4-5H2,1H3,(H,14,15,17). The first-order valence-electron chi connectivity index (χ1n) is 6.10. The Bertz CT molecular complexity index is 547. The Morgan fingerprint density at radius 2 is 1.89 bits per heavy atom. The van der Waals surface area contributed by atoms with Gasteiger partial charge in [-0.15, -0.1) is 0 Å². The summed E-state index contributed by atoms with van der Waals surface area (Å²) in [7, 11) is 0. The molecule has 0 amide bonds. The largest absolute Gasteiger partial charge is 0.349 e. The van der Waals surface area contributed by atoms with Gasteiger partial charge in [0.2, 0.25) is 5.95 Å². The molecular weight excluding hydrogens is 226 g/mol. The predicted molar refractivity (Wildman–Crippen MR) is 69.7 cm³/mol. The molecule has 18 heavy (non-hydrogen) atoms. The first-order valence-corrected chi connectivity index (χ1v) is 6.10. The fourth-order valence-corrected chi connectivity index (χ4v) is 2.05. The maximum absolute atomic E-state index is 4.04. The highest BCUT2D eigenvalue weighted by molar-refractivity contribution is 5.40. The summed E-state index contributed by atoms with van der Waals surface area (Å²) in [6.07, 6.45) is 6.41. The number of rotatable bonds is 3. The Morgan fingerprint density at radius 1 is 1.17 bits per heavy atom. The second kappa shape index (κ2) is 4.60. The van der Waals surface area contributed by atoms with Crippen molar-refractivity contribution in [1.82, 2.24) is 20.2 Å². The Balaban J connectivity index is 1.84. The second-order valence-corrected chi connectivity index (χ2v) is 4.53. The van der Waals surface area contributed by atoms with Gasteiger partial charge >= 0.3 is 0 Å². The van der Waals surface area contributed by atoms with Gasteiger partial charge in [0, 0.05) is 6.04 Å². The van der Waals surface area contributed by atoms with E-state index in [1.54, 1.807) is 4.68 Å². The molecule has 0 saturated carbocycles. The Morgan fingerprint density at radius 3 is 2.61 bits per heavy atom. The average Bonchev–Trinajstić information content (AvgIpc) is 3.02. The van der Waals surface area contributed by atoms with Crippen LogP contribution in [0.1, 0.15) is 18.4 Å². The summed E-state index contributed by atoms with van der Waals surface area (Å²) in [6.45, 7) is 2.06. The lowest BCUT2D eigenvalue weighted by Crippen LogP contribution is -2.18. The third-order valence-electron chi connectivity index (χ3n) is 3.09. The number of aromatic nitrogens is 4. The lowest BCUT2D eigenvalue weighted by atomic mass is 10.2. The molecule has 92 valence electrons. The van der Waals surface area contributed by atoms with Gasteiger partial charge in [0.05, 0.1) is 5.69 Å². The topological polar surface area (TPSA) is 55.6 Å². The van der Waals surface area contributed by atoms with Gasteiger partial charge in [0.25, 0.3) is 0 Å². The molecule has 1 N–H and O–H groups in total. The van der Waals surface area contributed by atoms with Crippen LogP contribution in [0.4, 0.5) is 5.95 Å². The lowest BCUT2D eigenvalue weighted by Gasteiger charge is -2.12. The Hall–Kier alpha value is -2.17. The molecule has 0 fully saturated rings. The van der Waals surface area contributed by atoms with Crippen molar-refractivity contribution in [2.45, 2.75) is 25.8 Å². The second-order valence-electron chi connectivity index (χ2n) is 4.53. The number of anilines is 1. The van der Waals surface area contributed by atoms with E-state index in [-0.39, 0.29) is 0 Å². The van der Waals surface area contributed by atoms with Gasteiger partial charge in [-0.25, -0.2) is 0 Å². The van der Waals surface area contributed by atoms with E-state index in [0.29, 0.717) is 12.0 Å². The fourth-order valence-electron chi connectivity index (χ4n) is 2.05. The van der Waals surface area contributed by atoms with Crippen LogP contribution in [-0.4, -0.2) is 26.2 Å². The number of hydrogen-bond donors (Lipinski definition) is 1. The van der Waals surface area contributed by atoms with Crippen molar-refractivity contribution in [2.24, 2.45) is 0 Å². The maximum atomic E-state index is 4.04. The zero-order valence-corrected chi connectivity index (χ0v) is 10.2. The lowest BCUT2D eigenvalue weighted by molar-refractivity contribution is 0.751. The van der Waals surface area contributed by atoms with Gasteiger partial charge in [0.1, 0.15) is 0 Å². The molecule has 2 aromatic rings. The summed E-state index contributed by atoms with van der Waals surface area (Å²) in [5.41, 5.74) is 2.19. The van der Waals surface area contributed by atoms with Crippen LogP contribution in [0.2, 0.25) is 0 Å². The highest BCUT2D eigenvalue weighted by atomic mass is 15.6. The fraction of sp³-hybridized carbons (Fsp3) is 0.308. The molecule has 1 heterocycles. The van der Waals surface area contributed by atoms with Crippen LogP contribution >= 0.6 is 0 Å². The highest BCUT2D eigenvalue weighted by Crippen LogP contribution is 2.17. The molecular formula is C13H15N5. The minimum Gasteiger partial charge on any atom is -0.349 e. The van der Waals surface area contributed by atoms with Crippen LogP contribution in [0.5, 0.6) is 0 Å². The average molecular weight is 241 g/mol. The van der Waals surface area contributed by atoms with Gasteiger partial charge in [-0.1, -0.05) is 34.9 Å². The van der Waals surface area contributed by atoms with E-state index in [0.717, 1.165) is 18.5 Å². The first-order chi connectivity index (χ1) is 8.83. The van der Waals surface area contributed by atoms with Crippen LogP contribution in [0, 0.1) is 6.92 Å². The minimum absolute atomic E-state index is 0.403. The van der Waals surface area contributed by atoms with Gasteiger partial charge in [0.15, 0.2) is 0 Å². The van der Waals surface area contributed by atoms with Crippen LogP contribution in [0.15, 0.2) is 36.4 Å². The summed E-state index contributed by atoms with van der Waals surface area (Å²) in [5.74, 6) is 0.701. The maximum Gasteiger partial charge on any atom is 0.247 e. The van der Waals surface area contributed by atoms with E-state index in [9.17, 15) is 0 Å². The summed E-state index contributed by atoms with van der Waals surface area (Å²) in [4.78, 5) is 0. The van der Waals surface area contributed by atoms with Gasteiger partial charge < -0.3 is 5.32 Å². The number of tetrazole rings is 1. The van der Waals surface area contributed by atoms with E-state index in [2.05, 4.69) is 52.1 Å². The van der Waals surface area contributed by atoms with Crippen molar-refractivity contribution >= 4 is 5.95 Å².